The number of piperidine rings is 1. The predicted octanol–water partition coefficient (Wildman–Crippen LogP) is 4.85. The molecule has 2 heterocycles. The van der Waals surface area contributed by atoms with Gasteiger partial charge >= 0.3 is 0 Å². The number of likely N-dealkylation sites (tertiary alicyclic amines) is 1. The molecule has 6 heteroatoms. The number of imidazole rings is 1. The number of fused-ring (bicyclic) bond motifs is 1. The number of amides is 2. The monoisotopic (exact) mass is 452 g/mol. The van der Waals surface area contributed by atoms with Crippen molar-refractivity contribution in [3.05, 3.63) is 30.1 Å². The second kappa shape index (κ2) is 11.7. The number of nitrogens with zero attached hydrogens (tertiary/aromatic N) is 3. The van der Waals surface area contributed by atoms with Gasteiger partial charge in [-0.1, -0.05) is 37.8 Å². The van der Waals surface area contributed by atoms with E-state index in [9.17, 15) is 9.59 Å². The second-order valence-corrected chi connectivity index (χ2v) is 9.97. The fourth-order valence-electron chi connectivity index (χ4n) is 5.49. The maximum Gasteiger partial charge on any atom is 0.242 e. The van der Waals surface area contributed by atoms with Crippen LogP contribution in [0.2, 0.25) is 0 Å². The predicted molar refractivity (Wildman–Crippen MR) is 132 cm³/mol. The van der Waals surface area contributed by atoms with E-state index in [0.29, 0.717) is 12.6 Å². The standard InChI is InChI=1S/C27H40N4O2/c1-21-12-9-11-19-30(21)26(32)20-31-24-16-8-7-15-23(24)29-25(31)17-6-3-10-18-28-27(33)22-13-4-2-5-14-22/h7-8,15-16,21-22H,2-6,9-14,17-20H2,1H3,(H,28,33). The summed E-state index contributed by atoms with van der Waals surface area (Å²) in [4.78, 5) is 32.3. The lowest BCUT2D eigenvalue weighted by atomic mass is 9.89. The number of benzene rings is 1. The summed E-state index contributed by atoms with van der Waals surface area (Å²) in [7, 11) is 0. The molecule has 0 bridgehead atoms. The van der Waals surface area contributed by atoms with Crippen LogP contribution in [0.5, 0.6) is 0 Å². The number of carbonyl (C=O) groups excluding carboxylic acids is 2. The summed E-state index contributed by atoms with van der Waals surface area (Å²) in [5, 5.41) is 3.14. The van der Waals surface area contributed by atoms with Crippen LogP contribution in [0.4, 0.5) is 0 Å². The molecule has 0 radical (unpaired) electrons. The Kier molecular flexibility index (Phi) is 8.40. The van der Waals surface area contributed by atoms with Gasteiger partial charge in [0.1, 0.15) is 12.4 Å². The topological polar surface area (TPSA) is 67.2 Å². The molecule has 1 aliphatic carbocycles. The number of rotatable bonds is 9. The fourth-order valence-corrected chi connectivity index (χ4v) is 5.49. The molecular formula is C27H40N4O2. The lowest BCUT2D eigenvalue weighted by Gasteiger charge is -2.33. The molecule has 1 aromatic heterocycles. The van der Waals surface area contributed by atoms with Crippen LogP contribution < -0.4 is 5.32 Å². The molecule has 0 spiro atoms. The molecule has 1 saturated carbocycles. The molecule has 1 atom stereocenters. The van der Waals surface area contributed by atoms with E-state index in [4.69, 9.17) is 4.98 Å². The molecule has 4 rings (SSSR count). The number of unbranched alkanes of at least 4 members (excludes halogenated alkanes) is 2. The molecule has 6 nitrogen and oxygen atoms in total. The van der Waals surface area contributed by atoms with E-state index >= 15 is 0 Å². The van der Waals surface area contributed by atoms with Crippen molar-refractivity contribution in [2.75, 3.05) is 13.1 Å². The molecular weight excluding hydrogens is 412 g/mol. The Balaban J connectivity index is 1.29. The van der Waals surface area contributed by atoms with Crippen LogP contribution in [-0.2, 0) is 22.6 Å². The van der Waals surface area contributed by atoms with E-state index in [2.05, 4.69) is 27.8 Å². The lowest BCUT2D eigenvalue weighted by Crippen LogP contribution is -2.43. The first-order valence-electron chi connectivity index (χ1n) is 13.1. The minimum Gasteiger partial charge on any atom is -0.356 e. The van der Waals surface area contributed by atoms with Crippen molar-refractivity contribution in [3.63, 3.8) is 0 Å². The highest BCUT2D eigenvalue weighted by molar-refractivity contribution is 5.81. The zero-order valence-electron chi connectivity index (χ0n) is 20.2. The normalized spacial score (nSPS) is 19.7. The number of aryl methyl sites for hydroxylation is 1. The SMILES string of the molecule is CC1CCCCN1C(=O)Cn1c(CCCCCNC(=O)C2CCCCC2)nc2ccccc21. The third-order valence-electron chi connectivity index (χ3n) is 7.50. The molecule has 1 N–H and O–H groups in total. The lowest BCUT2D eigenvalue weighted by molar-refractivity contribution is -0.135. The maximum atomic E-state index is 13.1. The third-order valence-corrected chi connectivity index (χ3v) is 7.50. The summed E-state index contributed by atoms with van der Waals surface area (Å²) < 4.78 is 2.13. The van der Waals surface area contributed by atoms with Crippen molar-refractivity contribution in [1.82, 2.24) is 19.8 Å². The number of para-hydroxylation sites is 2. The van der Waals surface area contributed by atoms with Crippen molar-refractivity contribution in [2.45, 2.75) is 96.6 Å². The Labute approximate surface area is 198 Å². The van der Waals surface area contributed by atoms with Gasteiger partial charge in [-0.25, -0.2) is 4.98 Å². The molecule has 2 aromatic rings. The van der Waals surface area contributed by atoms with Crippen LogP contribution in [0.3, 0.4) is 0 Å². The average molecular weight is 453 g/mol. The zero-order chi connectivity index (χ0) is 23.0. The van der Waals surface area contributed by atoms with E-state index in [-0.39, 0.29) is 17.7 Å². The molecule has 1 aliphatic heterocycles. The van der Waals surface area contributed by atoms with Gasteiger partial charge in [0.25, 0.3) is 0 Å². The number of hydrogen-bond donors (Lipinski definition) is 1. The molecule has 1 aromatic carbocycles. The van der Waals surface area contributed by atoms with Crippen molar-refractivity contribution in [3.8, 4) is 0 Å². The van der Waals surface area contributed by atoms with Gasteiger partial charge in [0.05, 0.1) is 11.0 Å². The van der Waals surface area contributed by atoms with Gasteiger partial charge in [0, 0.05) is 31.5 Å². The first kappa shape index (κ1) is 23.8. The van der Waals surface area contributed by atoms with Gasteiger partial charge in [-0.05, 0) is 64.0 Å². The van der Waals surface area contributed by atoms with Gasteiger partial charge in [0.15, 0.2) is 0 Å². The fraction of sp³-hybridized carbons (Fsp3) is 0.667. The second-order valence-electron chi connectivity index (χ2n) is 9.97. The highest BCUT2D eigenvalue weighted by atomic mass is 16.2. The van der Waals surface area contributed by atoms with Gasteiger partial charge in [-0.3, -0.25) is 9.59 Å². The molecule has 180 valence electrons. The highest BCUT2D eigenvalue weighted by Crippen LogP contribution is 2.24. The Hall–Kier alpha value is -2.37. The number of aromatic nitrogens is 2. The van der Waals surface area contributed by atoms with Crippen LogP contribution in [0.25, 0.3) is 11.0 Å². The van der Waals surface area contributed by atoms with Crippen molar-refractivity contribution >= 4 is 22.8 Å². The summed E-state index contributed by atoms with van der Waals surface area (Å²) in [5.74, 6) is 1.69. The van der Waals surface area contributed by atoms with Crippen molar-refractivity contribution in [2.24, 2.45) is 5.92 Å². The van der Waals surface area contributed by atoms with E-state index in [1.165, 1.54) is 25.7 Å². The molecule has 2 aliphatic rings. The van der Waals surface area contributed by atoms with Gasteiger partial charge < -0.3 is 14.8 Å². The summed E-state index contributed by atoms with van der Waals surface area (Å²) >= 11 is 0. The van der Waals surface area contributed by atoms with E-state index in [1.807, 2.05) is 18.2 Å². The van der Waals surface area contributed by atoms with Crippen LogP contribution in [0, 0.1) is 5.92 Å². The van der Waals surface area contributed by atoms with Crippen molar-refractivity contribution in [1.29, 1.82) is 0 Å². The van der Waals surface area contributed by atoms with Crippen LogP contribution in [0.15, 0.2) is 24.3 Å². The maximum absolute atomic E-state index is 13.1. The van der Waals surface area contributed by atoms with Crippen molar-refractivity contribution < 1.29 is 9.59 Å². The molecule has 1 unspecified atom stereocenters. The summed E-state index contributed by atoms with van der Waals surface area (Å²) in [5.41, 5.74) is 2.01. The Morgan fingerprint density at radius 3 is 2.61 bits per heavy atom. The van der Waals surface area contributed by atoms with E-state index in [0.717, 1.165) is 81.3 Å². The molecule has 2 amide bonds. The molecule has 2 fully saturated rings. The third kappa shape index (κ3) is 6.15. The molecule has 33 heavy (non-hydrogen) atoms. The quantitative estimate of drug-likeness (QED) is 0.553. The van der Waals surface area contributed by atoms with Gasteiger partial charge in [0.2, 0.25) is 11.8 Å². The Bertz CT molecular complexity index is 931. The largest absolute Gasteiger partial charge is 0.356 e. The van der Waals surface area contributed by atoms with Gasteiger partial charge in [-0.2, -0.15) is 0 Å². The first-order valence-corrected chi connectivity index (χ1v) is 13.1. The minimum atomic E-state index is 0.206. The van der Waals surface area contributed by atoms with Crippen LogP contribution in [-0.4, -0.2) is 45.4 Å². The number of nitrogens with one attached hydrogen (secondary N) is 1. The highest BCUT2D eigenvalue weighted by Gasteiger charge is 2.24. The average Bonchev–Trinajstić information content (AvgIpc) is 3.19. The van der Waals surface area contributed by atoms with E-state index in [1.54, 1.807) is 0 Å². The molecule has 1 saturated heterocycles. The Morgan fingerprint density at radius 2 is 1.79 bits per heavy atom. The summed E-state index contributed by atoms with van der Waals surface area (Å²) in [6, 6.07) is 8.46. The minimum absolute atomic E-state index is 0.206. The van der Waals surface area contributed by atoms with Gasteiger partial charge in [-0.15, -0.1) is 0 Å². The first-order chi connectivity index (χ1) is 16.1. The number of carbonyl (C=O) groups is 2. The van der Waals surface area contributed by atoms with Crippen LogP contribution >= 0.6 is 0 Å². The summed E-state index contributed by atoms with van der Waals surface area (Å²) in [6.45, 7) is 4.17. The number of hydrogen-bond acceptors (Lipinski definition) is 3. The summed E-state index contributed by atoms with van der Waals surface area (Å²) in [6.07, 6.45) is 13.1. The van der Waals surface area contributed by atoms with E-state index < -0.39 is 0 Å². The Morgan fingerprint density at radius 1 is 1.00 bits per heavy atom. The van der Waals surface area contributed by atoms with Crippen LogP contribution in [0.1, 0.15) is 83.4 Å². The smallest absolute Gasteiger partial charge is 0.242 e. The zero-order valence-corrected chi connectivity index (χ0v) is 20.2.